The van der Waals surface area contributed by atoms with Gasteiger partial charge in [0.15, 0.2) is 0 Å². The Hall–Kier alpha value is -1.34. The number of amides is 4. The fourth-order valence-corrected chi connectivity index (χ4v) is 2.00. The number of hydrogen-bond acceptors (Lipinski definition) is 4. The van der Waals surface area contributed by atoms with Crippen LogP contribution in [0.5, 0.6) is 0 Å². The lowest BCUT2D eigenvalue weighted by Gasteiger charge is -2.15. The normalized spacial score (nSPS) is 16.4. The SMILES string of the molecule is CNCCCNC(=O)CCCN1C(=O)NC(C)(C)C1=O.Cl. The van der Waals surface area contributed by atoms with Crippen molar-refractivity contribution in [3.05, 3.63) is 0 Å². The van der Waals surface area contributed by atoms with Gasteiger partial charge in [-0.05, 0) is 40.3 Å². The number of rotatable bonds is 8. The summed E-state index contributed by atoms with van der Waals surface area (Å²) < 4.78 is 0. The first-order chi connectivity index (χ1) is 9.38. The number of nitrogens with one attached hydrogen (secondary N) is 3. The zero-order valence-electron chi connectivity index (χ0n) is 12.8. The quantitative estimate of drug-likeness (QED) is 0.441. The van der Waals surface area contributed by atoms with E-state index in [1.54, 1.807) is 13.8 Å². The number of halogens is 1. The highest BCUT2D eigenvalue weighted by Crippen LogP contribution is 2.16. The first kappa shape index (κ1) is 19.7. The average molecular weight is 321 g/mol. The average Bonchev–Trinajstić information content (AvgIpc) is 2.56. The third-order valence-corrected chi connectivity index (χ3v) is 3.16. The second-order valence-corrected chi connectivity index (χ2v) is 5.42. The zero-order valence-corrected chi connectivity index (χ0v) is 13.6. The molecule has 0 aromatic heterocycles. The smallest absolute Gasteiger partial charge is 0.325 e. The van der Waals surface area contributed by atoms with Crippen LogP contribution in [-0.2, 0) is 9.59 Å². The maximum absolute atomic E-state index is 11.9. The van der Waals surface area contributed by atoms with Crippen LogP contribution in [-0.4, -0.2) is 55.0 Å². The van der Waals surface area contributed by atoms with Gasteiger partial charge in [-0.25, -0.2) is 4.79 Å². The first-order valence-corrected chi connectivity index (χ1v) is 6.94. The van der Waals surface area contributed by atoms with E-state index in [0.717, 1.165) is 13.0 Å². The molecule has 1 heterocycles. The molecule has 0 aromatic rings. The Bertz CT molecular complexity index is 388. The maximum Gasteiger partial charge on any atom is 0.325 e. The molecule has 1 rings (SSSR count). The Morgan fingerprint density at radius 1 is 1.24 bits per heavy atom. The van der Waals surface area contributed by atoms with E-state index in [9.17, 15) is 14.4 Å². The van der Waals surface area contributed by atoms with Crippen molar-refractivity contribution < 1.29 is 14.4 Å². The van der Waals surface area contributed by atoms with Gasteiger partial charge in [-0.3, -0.25) is 14.5 Å². The van der Waals surface area contributed by atoms with Crippen molar-refractivity contribution in [2.75, 3.05) is 26.7 Å². The molecular weight excluding hydrogens is 296 g/mol. The second-order valence-electron chi connectivity index (χ2n) is 5.42. The minimum atomic E-state index is -0.841. The standard InChI is InChI=1S/C13H24N4O3.ClH/c1-13(2)11(19)17(12(20)16-13)9-4-6-10(18)15-8-5-7-14-3;/h14H,4-9H2,1-3H3,(H,15,18)(H,16,20);1H. The summed E-state index contributed by atoms with van der Waals surface area (Å²) >= 11 is 0. The Morgan fingerprint density at radius 3 is 2.43 bits per heavy atom. The van der Waals surface area contributed by atoms with Gasteiger partial charge >= 0.3 is 6.03 Å². The number of urea groups is 1. The number of hydrogen-bond donors (Lipinski definition) is 3. The molecule has 122 valence electrons. The highest BCUT2D eigenvalue weighted by Gasteiger charge is 2.43. The highest BCUT2D eigenvalue weighted by molar-refractivity contribution is 6.06. The molecule has 0 saturated carbocycles. The van der Waals surface area contributed by atoms with E-state index in [2.05, 4.69) is 16.0 Å². The van der Waals surface area contributed by atoms with Gasteiger partial charge in [0.05, 0.1) is 0 Å². The lowest BCUT2D eigenvalue weighted by atomic mass is 10.1. The molecule has 1 aliphatic rings. The molecule has 0 atom stereocenters. The predicted octanol–water partition coefficient (Wildman–Crippen LogP) is 0.245. The molecule has 1 saturated heterocycles. The van der Waals surface area contributed by atoms with Gasteiger partial charge in [-0.15, -0.1) is 12.4 Å². The first-order valence-electron chi connectivity index (χ1n) is 6.94. The summed E-state index contributed by atoms with van der Waals surface area (Å²) in [7, 11) is 1.86. The van der Waals surface area contributed by atoms with Crippen LogP contribution < -0.4 is 16.0 Å². The maximum atomic E-state index is 11.9. The van der Waals surface area contributed by atoms with Crippen LogP contribution in [0.2, 0.25) is 0 Å². The fraction of sp³-hybridized carbons (Fsp3) is 0.769. The van der Waals surface area contributed by atoms with E-state index in [1.807, 2.05) is 7.05 Å². The van der Waals surface area contributed by atoms with Gasteiger partial charge in [-0.2, -0.15) is 0 Å². The van der Waals surface area contributed by atoms with E-state index in [4.69, 9.17) is 0 Å². The predicted molar refractivity (Wildman–Crippen MR) is 82.4 cm³/mol. The Morgan fingerprint density at radius 2 is 1.90 bits per heavy atom. The van der Waals surface area contributed by atoms with Crippen molar-refractivity contribution in [1.29, 1.82) is 0 Å². The summed E-state index contributed by atoms with van der Waals surface area (Å²) in [5.41, 5.74) is -0.841. The molecule has 0 aromatic carbocycles. The van der Waals surface area contributed by atoms with E-state index in [0.29, 0.717) is 19.4 Å². The van der Waals surface area contributed by atoms with E-state index in [-0.39, 0.29) is 36.8 Å². The van der Waals surface area contributed by atoms with Crippen LogP contribution in [0.25, 0.3) is 0 Å². The minimum Gasteiger partial charge on any atom is -0.356 e. The topological polar surface area (TPSA) is 90.5 Å². The summed E-state index contributed by atoms with van der Waals surface area (Å²) in [6.07, 6.45) is 1.67. The molecule has 0 radical (unpaired) electrons. The Balaban J connectivity index is 0.00000400. The number of carbonyl (C=O) groups is 3. The van der Waals surface area contributed by atoms with Crippen molar-refractivity contribution in [1.82, 2.24) is 20.9 Å². The van der Waals surface area contributed by atoms with Crippen molar-refractivity contribution >= 4 is 30.3 Å². The van der Waals surface area contributed by atoms with E-state index >= 15 is 0 Å². The van der Waals surface area contributed by atoms with Gasteiger partial charge in [0, 0.05) is 19.5 Å². The summed E-state index contributed by atoms with van der Waals surface area (Å²) in [5, 5.41) is 8.41. The summed E-state index contributed by atoms with van der Waals surface area (Å²) in [6, 6.07) is -0.380. The molecule has 3 N–H and O–H groups in total. The third kappa shape index (κ3) is 5.89. The fourth-order valence-electron chi connectivity index (χ4n) is 2.00. The van der Waals surface area contributed by atoms with Crippen LogP contribution in [0, 0.1) is 0 Å². The lowest BCUT2D eigenvalue weighted by molar-refractivity contribution is -0.130. The zero-order chi connectivity index (χ0) is 15.2. The van der Waals surface area contributed by atoms with Gasteiger partial charge in [0.1, 0.15) is 5.54 Å². The Labute approximate surface area is 131 Å². The van der Waals surface area contributed by atoms with Gasteiger partial charge in [0.25, 0.3) is 5.91 Å². The molecule has 0 aliphatic carbocycles. The van der Waals surface area contributed by atoms with E-state index < -0.39 is 5.54 Å². The van der Waals surface area contributed by atoms with Gasteiger partial charge < -0.3 is 16.0 Å². The number of nitrogens with zero attached hydrogens (tertiary/aromatic N) is 1. The number of carbonyl (C=O) groups excluding carboxylic acids is 3. The van der Waals surface area contributed by atoms with Crippen LogP contribution in [0.15, 0.2) is 0 Å². The van der Waals surface area contributed by atoms with Crippen LogP contribution in [0.3, 0.4) is 0 Å². The molecule has 1 aliphatic heterocycles. The van der Waals surface area contributed by atoms with Crippen LogP contribution in [0.1, 0.15) is 33.1 Å². The molecule has 0 spiro atoms. The summed E-state index contributed by atoms with van der Waals surface area (Å²) in [4.78, 5) is 36.2. The van der Waals surface area contributed by atoms with E-state index in [1.165, 1.54) is 4.90 Å². The summed E-state index contributed by atoms with van der Waals surface area (Å²) in [6.45, 7) is 5.11. The van der Waals surface area contributed by atoms with Gasteiger partial charge in [0.2, 0.25) is 5.91 Å². The molecular formula is C13H25ClN4O3. The van der Waals surface area contributed by atoms with Crippen molar-refractivity contribution in [2.45, 2.75) is 38.6 Å². The Kier molecular flexibility index (Phi) is 8.27. The molecule has 7 nitrogen and oxygen atoms in total. The molecule has 0 unspecified atom stereocenters. The van der Waals surface area contributed by atoms with Gasteiger partial charge in [-0.1, -0.05) is 0 Å². The number of imide groups is 1. The monoisotopic (exact) mass is 320 g/mol. The van der Waals surface area contributed by atoms with Crippen LogP contribution >= 0.6 is 12.4 Å². The second kappa shape index (κ2) is 8.84. The molecule has 8 heteroatoms. The summed E-state index contributed by atoms with van der Waals surface area (Å²) in [5.74, 6) is -0.288. The molecule has 1 fully saturated rings. The van der Waals surface area contributed by atoms with Crippen molar-refractivity contribution in [3.8, 4) is 0 Å². The molecule has 4 amide bonds. The highest BCUT2D eigenvalue weighted by atomic mass is 35.5. The van der Waals surface area contributed by atoms with Crippen LogP contribution in [0.4, 0.5) is 4.79 Å². The lowest BCUT2D eigenvalue weighted by Crippen LogP contribution is -2.40. The molecule has 0 bridgehead atoms. The largest absolute Gasteiger partial charge is 0.356 e. The van der Waals surface area contributed by atoms with Crippen molar-refractivity contribution in [2.24, 2.45) is 0 Å². The van der Waals surface area contributed by atoms with Crippen molar-refractivity contribution in [3.63, 3.8) is 0 Å². The molecule has 21 heavy (non-hydrogen) atoms. The minimum absolute atomic E-state index is 0. The third-order valence-electron chi connectivity index (χ3n) is 3.16.